The van der Waals surface area contributed by atoms with Crippen molar-refractivity contribution in [1.82, 2.24) is 4.90 Å². The Kier molecular flexibility index (Phi) is 3.36. The summed E-state index contributed by atoms with van der Waals surface area (Å²) in [6, 6.07) is 8.37. The molecule has 1 aromatic rings. The van der Waals surface area contributed by atoms with E-state index in [4.69, 9.17) is 4.74 Å². The quantitative estimate of drug-likeness (QED) is 0.784. The number of nitrogens with zero attached hydrogens (tertiary/aromatic N) is 1. The first-order chi connectivity index (χ1) is 8.08. The molecular formula is C14H19NO2. The van der Waals surface area contributed by atoms with Crippen molar-refractivity contribution in [3.63, 3.8) is 0 Å². The van der Waals surface area contributed by atoms with Crippen LogP contribution >= 0.6 is 0 Å². The van der Waals surface area contributed by atoms with Crippen molar-refractivity contribution >= 4 is 6.09 Å². The van der Waals surface area contributed by atoms with Gasteiger partial charge in [0.15, 0.2) is 0 Å². The minimum absolute atomic E-state index is 0.0453. The molecule has 2 rings (SSSR count). The molecule has 0 saturated carbocycles. The van der Waals surface area contributed by atoms with Gasteiger partial charge in [-0.05, 0) is 26.3 Å². The van der Waals surface area contributed by atoms with E-state index in [1.807, 2.05) is 13.8 Å². The largest absolute Gasteiger partial charge is 0.446 e. The van der Waals surface area contributed by atoms with Gasteiger partial charge in [0.1, 0.15) is 6.10 Å². The molecule has 2 atom stereocenters. The normalized spacial score (nSPS) is 22.2. The predicted molar refractivity (Wildman–Crippen MR) is 66.9 cm³/mol. The molecule has 1 amide bonds. The third kappa shape index (κ3) is 2.60. The lowest BCUT2D eigenvalue weighted by atomic mass is 10.0. The summed E-state index contributed by atoms with van der Waals surface area (Å²) in [7, 11) is 0. The average molecular weight is 233 g/mol. The number of carbonyl (C=O) groups is 1. The van der Waals surface area contributed by atoms with Crippen molar-refractivity contribution in [3.8, 4) is 0 Å². The highest BCUT2D eigenvalue weighted by atomic mass is 16.6. The zero-order valence-corrected chi connectivity index (χ0v) is 10.6. The van der Waals surface area contributed by atoms with Crippen LogP contribution in [0.5, 0.6) is 0 Å². The zero-order chi connectivity index (χ0) is 12.4. The van der Waals surface area contributed by atoms with Gasteiger partial charge in [-0.1, -0.05) is 29.8 Å². The molecule has 1 aliphatic heterocycles. The van der Waals surface area contributed by atoms with E-state index in [-0.39, 0.29) is 18.2 Å². The van der Waals surface area contributed by atoms with E-state index in [0.29, 0.717) is 0 Å². The standard InChI is InChI=1S/C14H19NO2/c1-10-4-6-13(7-5-10)12(3)15-9-8-11(2)17-14(15)16/h4-7,11-12H,8-9H2,1-3H3. The van der Waals surface area contributed by atoms with E-state index in [1.165, 1.54) is 5.56 Å². The van der Waals surface area contributed by atoms with Crippen molar-refractivity contribution < 1.29 is 9.53 Å². The van der Waals surface area contributed by atoms with Crippen LogP contribution in [0.4, 0.5) is 4.79 Å². The Balaban J connectivity index is 2.11. The summed E-state index contributed by atoms with van der Waals surface area (Å²) in [6.07, 6.45) is 0.753. The molecule has 0 radical (unpaired) electrons. The third-order valence-corrected chi connectivity index (χ3v) is 3.34. The molecular weight excluding hydrogens is 214 g/mol. The van der Waals surface area contributed by atoms with Crippen LogP contribution in [0.1, 0.15) is 37.4 Å². The molecule has 1 aromatic carbocycles. The van der Waals surface area contributed by atoms with Gasteiger partial charge in [0.2, 0.25) is 0 Å². The van der Waals surface area contributed by atoms with E-state index in [9.17, 15) is 4.79 Å². The monoisotopic (exact) mass is 233 g/mol. The van der Waals surface area contributed by atoms with Crippen LogP contribution in [0.15, 0.2) is 24.3 Å². The first-order valence-electron chi connectivity index (χ1n) is 6.11. The Bertz CT molecular complexity index is 399. The minimum atomic E-state index is -0.197. The topological polar surface area (TPSA) is 29.5 Å². The minimum Gasteiger partial charge on any atom is -0.446 e. The Hall–Kier alpha value is -1.51. The molecule has 17 heavy (non-hydrogen) atoms. The van der Waals surface area contributed by atoms with E-state index < -0.39 is 0 Å². The van der Waals surface area contributed by atoms with Crippen LogP contribution < -0.4 is 0 Å². The van der Waals surface area contributed by atoms with Crippen LogP contribution in [-0.4, -0.2) is 23.6 Å². The number of benzene rings is 1. The highest BCUT2D eigenvalue weighted by Crippen LogP contribution is 2.25. The summed E-state index contributed by atoms with van der Waals surface area (Å²) < 4.78 is 5.25. The second kappa shape index (κ2) is 4.78. The molecule has 0 N–H and O–H groups in total. The SMILES string of the molecule is Cc1ccc(C(C)N2CCC(C)OC2=O)cc1. The maximum absolute atomic E-state index is 11.8. The average Bonchev–Trinajstić information content (AvgIpc) is 2.29. The van der Waals surface area contributed by atoms with Gasteiger partial charge in [-0.15, -0.1) is 0 Å². The lowest BCUT2D eigenvalue weighted by Crippen LogP contribution is -2.42. The van der Waals surface area contributed by atoms with E-state index in [0.717, 1.165) is 18.5 Å². The van der Waals surface area contributed by atoms with Gasteiger partial charge < -0.3 is 9.64 Å². The van der Waals surface area contributed by atoms with Crippen LogP contribution in [-0.2, 0) is 4.74 Å². The molecule has 1 aliphatic rings. The Morgan fingerprint density at radius 2 is 2.00 bits per heavy atom. The second-order valence-electron chi connectivity index (χ2n) is 4.76. The Labute approximate surface area is 102 Å². The van der Waals surface area contributed by atoms with Crippen molar-refractivity contribution in [2.75, 3.05) is 6.54 Å². The predicted octanol–water partition coefficient (Wildman–Crippen LogP) is 3.29. The van der Waals surface area contributed by atoms with Gasteiger partial charge in [0.05, 0.1) is 6.04 Å². The number of carbonyl (C=O) groups excluding carboxylic acids is 1. The van der Waals surface area contributed by atoms with Gasteiger partial charge in [0, 0.05) is 13.0 Å². The number of hydrogen-bond acceptors (Lipinski definition) is 2. The highest BCUT2D eigenvalue weighted by molar-refractivity contribution is 5.69. The fraction of sp³-hybridized carbons (Fsp3) is 0.500. The van der Waals surface area contributed by atoms with Crippen molar-refractivity contribution in [1.29, 1.82) is 0 Å². The molecule has 3 heteroatoms. The number of aryl methyl sites for hydroxylation is 1. The molecule has 1 heterocycles. The first kappa shape index (κ1) is 12.0. The molecule has 0 spiro atoms. The molecule has 3 nitrogen and oxygen atoms in total. The molecule has 1 fully saturated rings. The van der Waals surface area contributed by atoms with Crippen molar-refractivity contribution in [3.05, 3.63) is 35.4 Å². The number of hydrogen-bond donors (Lipinski definition) is 0. The maximum atomic E-state index is 11.8. The van der Waals surface area contributed by atoms with Crippen molar-refractivity contribution in [2.45, 2.75) is 39.3 Å². The number of ether oxygens (including phenoxy) is 1. The van der Waals surface area contributed by atoms with E-state index in [1.54, 1.807) is 4.90 Å². The molecule has 92 valence electrons. The zero-order valence-electron chi connectivity index (χ0n) is 10.6. The molecule has 2 unspecified atom stereocenters. The first-order valence-corrected chi connectivity index (χ1v) is 6.11. The molecule has 1 saturated heterocycles. The fourth-order valence-corrected chi connectivity index (χ4v) is 2.09. The molecule has 0 aromatic heterocycles. The van der Waals surface area contributed by atoms with Crippen LogP contribution in [0.2, 0.25) is 0 Å². The van der Waals surface area contributed by atoms with E-state index in [2.05, 4.69) is 31.2 Å². The van der Waals surface area contributed by atoms with E-state index >= 15 is 0 Å². The lowest BCUT2D eigenvalue weighted by Gasteiger charge is -2.34. The van der Waals surface area contributed by atoms with Gasteiger partial charge in [0.25, 0.3) is 0 Å². The number of rotatable bonds is 2. The van der Waals surface area contributed by atoms with Crippen LogP contribution in [0.3, 0.4) is 0 Å². The Morgan fingerprint density at radius 3 is 2.59 bits per heavy atom. The van der Waals surface area contributed by atoms with Gasteiger partial charge in [-0.2, -0.15) is 0 Å². The summed E-state index contributed by atoms with van der Waals surface area (Å²) >= 11 is 0. The summed E-state index contributed by atoms with van der Waals surface area (Å²) in [5, 5.41) is 0. The number of amides is 1. The fourth-order valence-electron chi connectivity index (χ4n) is 2.09. The third-order valence-electron chi connectivity index (χ3n) is 3.34. The van der Waals surface area contributed by atoms with Gasteiger partial charge in [-0.25, -0.2) is 4.79 Å². The molecule has 0 aliphatic carbocycles. The van der Waals surface area contributed by atoms with Crippen molar-refractivity contribution in [2.24, 2.45) is 0 Å². The second-order valence-corrected chi connectivity index (χ2v) is 4.76. The summed E-state index contributed by atoms with van der Waals surface area (Å²) in [4.78, 5) is 13.6. The lowest BCUT2D eigenvalue weighted by molar-refractivity contribution is 0.0209. The van der Waals surface area contributed by atoms with Gasteiger partial charge >= 0.3 is 6.09 Å². The summed E-state index contributed by atoms with van der Waals surface area (Å²) in [6.45, 7) is 6.81. The smallest absolute Gasteiger partial charge is 0.410 e. The summed E-state index contributed by atoms with van der Waals surface area (Å²) in [5.41, 5.74) is 2.39. The number of cyclic esters (lactones) is 1. The highest BCUT2D eigenvalue weighted by Gasteiger charge is 2.28. The summed E-state index contributed by atoms with van der Waals surface area (Å²) in [5.74, 6) is 0. The Morgan fingerprint density at radius 1 is 1.35 bits per heavy atom. The van der Waals surface area contributed by atoms with Crippen LogP contribution in [0.25, 0.3) is 0 Å². The van der Waals surface area contributed by atoms with Crippen LogP contribution in [0, 0.1) is 6.92 Å². The van der Waals surface area contributed by atoms with Gasteiger partial charge in [-0.3, -0.25) is 0 Å². The maximum Gasteiger partial charge on any atom is 0.410 e. The molecule has 0 bridgehead atoms.